The predicted molar refractivity (Wildman–Crippen MR) is 101 cm³/mol. The molecular formula is C21H22N4. The summed E-state index contributed by atoms with van der Waals surface area (Å²) >= 11 is 0. The van der Waals surface area contributed by atoms with Crippen LogP contribution < -0.4 is 0 Å². The summed E-state index contributed by atoms with van der Waals surface area (Å²) in [5, 5.41) is 9.66. The average molecular weight is 330 g/mol. The van der Waals surface area contributed by atoms with E-state index in [9.17, 15) is 5.26 Å². The van der Waals surface area contributed by atoms with Gasteiger partial charge in [-0.1, -0.05) is 25.0 Å². The summed E-state index contributed by atoms with van der Waals surface area (Å²) in [6.07, 6.45) is 7.11. The van der Waals surface area contributed by atoms with E-state index in [1.165, 1.54) is 37.1 Å². The third-order valence-electron chi connectivity index (χ3n) is 5.28. The van der Waals surface area contributed by atoms with Crippen molar-refractivity contribution in [2.24, 2.45) is 0 Å². The van der Waals surface area contributed by atoms with Gasteiger partial charge in [0.2, 0.25) is 0 Å². The summed E-state index contributed by atoms with van der Waals surface area (Å²) in [5.74, 6) is 0.634. The van der Waals surface area contributed by atoms with Gasteiger partial charge in [-0.3, -0.25) is 0 Å². The molecule has 0 spiro atoms. The van der Waals surface area contributed by atoms with E-state index in [2.05, 4.69) is 40.5 Å². The van der Waals surface area contributed by atoms with Crippen LogP contribution in [0.25, 0.3) is 22.7 Å². The summed E-state index contributed by atoms with van der Waals surface area (Å²) in [7, 11) is 0. The molecule has 4 nitrogen and oxygen atoms in total. The minimum absolute atomic E-state index is 0.572. The van der Waals surface area contributed by atoms with Crippen molar-refractivity contribution in [2.75, 3.05) is 0 Å². The van der Waals surface area contributed by atoms with E-state index in [4.69, 9.17) is 0 Å². The second kappa shape index (κ2) is 6.25. The summed E-state index contributed by atoms with van der Waals surface area (Å²) in [4.78, 5) is 7.82. The minimum Gasteiger partial charge on any atom is -0.346 e. The largest absolute Gasteiger partial charge is 0.346 e. The highest BCUT2D eigenvalue weighted by Gasteiger charge is 2.21. The number of aromatic amines is 1. The molecule has 3 aromatic rings. The molecule has 1 aliphatic rings. The van der Waals surface area contributed by atoms with E-state index in [1.54, 1.807) is 0 Å². The average Bonchev–Trinajstić information content (AvgIpc) is 3.32. The van der Waals surface area contributed by atoms with Crippen LogP contribution in [-0.2, 0) is 0 Å². The number of imidazole rings is 1. The van der Waals surface area contributed by atoms with E-state index in [1.807, 2.05) is 30.3 Å². The second-order valence-corrected chi connectivity index (χ2v) is 6.91. The Bertz CT molecular complexity index is 958. The van der Waals surface area contributed by atoms with Gasteiger partial charge >= 0.3 is 0 Å². The van der Waals surface area contributed by atoms with Crippen molar-refractivity contribution in [3.8, 4) is 6.07 Å². The zero-order valence-electron chi connectivity index (χ0n) is 14.7. The highest BCUT2D eigenvalue weighted by Crippen LogP contribution is 2.34. The van der Waals surface area contributed by atoms with Gasteiger partial charge in [0.1, 0.15) is 11.9 Å². The van der Waals surface area contributed by atoms with Crippen LogP contribution in [-0.4, -0.2) is 14.5 Å². The lowest BCUT2D eigenvalue weighted by Crippen LogP contribution is -2.08. The van der Waals surface area contributed by atoms with Gasteiger partial charge in [0.05, 0.1) is 16.6 Å². The van der Waals surface area contributed by atoms with Crippen LogP contribution in [0.5, 0.6) is 0 Å². The second-order valence-electron chi connectivity index (χ2n) is 6.91. The molecule has 0 amide bonds. The summed E-state index contributed by atoms with van der Waals surface area (Å²) in [5.41, 5.74) is 6.04. The molecule has 1 N–H and O–H groups in total. The normalized spacial score (nSPS) is 15.8. The highest BCUT2D eigenvalue weighted by molar-refractivity contribution is 5.90. The van der Waals surface area contributed by atoms with Crippen LogP contribution in [0, 0.1) is 25.2 Å². The molecule has 0 saturated heterocycles. The van der Waals surface area contributed by atoms with Crippen molar-refractivity contribution in [2.45, 2.75) is 45.6 Å². The topological polar surface area (TPSA) is 57.4 Å². The summed E-state index contributed by atoms with van der Waals surface area (Å²) in [6.45, 7) is 4.32. The Hall–Kier alpha value is -2.80. The molecule has 0 radical (unpaired) electrons. The smallest absolute Gasteiger partial charge is 0.149 e. The molecule has 1 aromatic carbocycles. The van der Waals surface area contributed by atoms with Crippen molar-refractivity contribution < 1.29 is 0 Å². The Morgan fingerprint density at radius 1 is 1.28 bits per heavy atom. The molecule has 1 aliphatic carbocycles. The Kier molecular flexibility index (Phi) is 3.93. The number of hydrogen-bond acceptors (Lipinski definition) is 2. The van der Waals surface area contributed by atoms with Gasteiger partial charge in [-0.25, -0.2) is 4.98 Å². The Labute approximate surface area is 147 Å². The van der Waals surface area contributed by atoms with Gasteiger partial charge in [-0.2, -0.15) is 5.26 Å². The zero-order valence-corrected chi connectivity index (χ0v) is 14.7. The van der Waals surface area contributed by atoms with Crippen molar-refractivity contribution in [1.29, 1.82) is 5.26 Å². The third-order valence-corrected chi connectivity index (χ3v) is 5.28. The lowest BCUT2D eigenvalue weighted by atomic mass is 10.1. The van der Waals surface area contributed by atoms with Crippen molar-refractivity contribution in [1.82, 2.24) is 14.5 Å². The Morgan fingerprint density at radius 2 is 2.04 bits per heavy atom. The van der Waals surface area contributed by atoms with E-state index in [0.717, 1.165) is 16.6 Å². The van der Waals surface area contributed by atoms with E-state index in [0.29, 0.717) is 17.4 Å². The van der Waals surface area contributed by atoms with Crippen LogP contribution in [0.2, 0.25) is 0 Å². The molecular weight excluding hydrogens is 308 g/mol. The van der Waals surface area contributed by atoms with Gasteiger partial charge in [0.25, 0.3) is 0 Å². The predicted octanol–water partition coefficient (Wildman–Crippen LogP) is 5.16. The maximum atomic E-state index is 9.66. The number of fused-ring (bicyclic) bond motifs is 1. The number of aryl methyl sites for hydroxylation is 1. The quantitative estimate of drug-likeness (QED) is 0.674. The van der Waals surface area contributed by atoms with Crippen molar-refractivity contribution in [3.63, 3.8) is 0 Å². The first-order valence-electron chi connectivity index (χ1n) is 8.92. The lowest BCUT2D eigenvalue weighted by Gasteiger charge is -2.17. The van der Waals surface area contributed by atoms with Gasteiger partial charge in [0, 0.05) is 17.4 Å². The number of para-hydroxylation sites is 2. The third kappa shape index (κ3) is 2.76. The fourth-order valence-electron chi connectivity index (χ4n) is 4.06. The SMILES string of the molecule is Cc1cc(C=C(C#N)c2nc3ccccc3[nH]2)c(C)n1C1CCCC1. The van der Waals surface area contributed by atoms with Crippen molar-refractivity contribution in [3.05, 3.63) is 53.1 Å². The first kappa shape index (κ1) is 15.7. The number of nitrogens with one attached hydrogen (secondary N) is 1. The molecule has 4 rings (SSSR count). The molecule has 126 valence electrons. The Morgan fingerprint density at radius 3 is 2.76 bits per heavy atom. The number of hydrogen-bond donors (Lipinski definition) is 1. The van der Waals surface area contributed by atoms with Gasteiger partial charge in [-0.05, 0) is 56.5 Å². The minimum atomic E-state index is 0.572. The van der Waals surface area contributed by atoms with Crippen LogP contribution in [0.4, 0.5) is 0 Å². The lowest BCUT2D eigenvalue weighted by molar-refractivity contribution is 0.500. The molecule has 0 aliphatic heterocycles. The fraction of sp³-hybridized carbons (Fsp3) is 0.333. The molecule has 1 fully saturated rings. The zero-order chi connectivity index (χ0) is 17.4. The highest BCUT2D eigenvalue weighted by atomic mass is 15.0. The monoisotopic (exact) mass is 330 g/mol. The molecule has 0 bridgehead atoms. The number of benzene rings is 1. The van der Waals surface area contributed by atoms with Crippen LogP contribution in [0.3, 0.4) is 0 Å². The molecule has 25 heavy (non-hydrogen) atoms. The summed E-state index contributed by atoms with van der Waals surface area (Å²) < 4.78 is 2.45. The van der Waals surface area contributed by atoms with Crippen LogP contribution >= 0.6 is 0 Å². The Balaban J connectivity index is 1.75. The molecule has 1 saturated carbocycles. The molecule has 4 heteroatoms. The van der Waals surface area contributed by atoms with Crippen molar-refractivity contribution >= 4 is 22.7 Å². The number of nitriles is 1. The number of allylic oxidation sites excluding steroid dienone is 1. The van der Waals surface area contributed by atoms with Gasteiger partial charge < -0.3 is 9.55 Å². The van der Waals surface area contributed by atoms with Gasteiger partial charge in [-0.15, -0.1) is 0 Å². The van der Waals surface area contributed by atoms with E-state index >= 15 is 0 Å². The molecule has 0 atom stereocenters. The molecule has 2 heterocycles. The fourth-order valence-corrected chi connectivity index (χ4v) is 4.06. The summed E-state index contributed by atoms with van der Waals surface area (Å²) in [6, 6.07) is 13.0. The first-order valence-corrected chi connectivity index (χ1v) is 8.92. The van der Waals surface area contributed by atoms with Gasteiger partial charge in [0.15, 0.2) is 0 Å². The first-order chi connectivity index (χ1) is 12.2. The van der Waals surface area contributed by atoms with Crippen LogP contribution in [0.15, 0.2) is 30.3 Å². The van der Waals surface area contributed by atoms with E-state index < -0.39 is 0 Å². The van der Waals surface area contributed by atoms with Crippen LogP contribution in [0.1, 0.15) is 54.5 Å². The number of rotatable bonds is 3. The maximum absolute atomic E-state index is 9.66. The molecule has 2 aromatic heterocycles. The number of H-pyrrole nitrogens is 1. The number of nitrogens with zero attached hydrogens (tertiary/aromatic N) is 3. The molecule has 0 unspecified atom stereocenters. The standard InChI is InChI=1S/C21H22N4/c1-14-11-16(15(2)25(14)18-7-3-4-8-18)12-17(13-22)21-23-19-9-5-6-10-20(19)24-21/h5-6,9-12,18H,3-4,7-8H2,1-2H3,(H,23,24). The van der Waals surface area contributed by atoms with E-state index in [-0.39, 0.29) is 0 Å². The maximum Gasteiger partial charge on any atom is 0.149 e. The number of aromatic nitrogens is 3.